The van der Waals surface area contributed by atoms with Gasteiger partial charge in [0.2, 0.25) is 15.9 Å². The zero-order chi connectivity index (χ0) is 20.9. The average Bonchev–Trinajstić information content (AvgIpc) is 3.13. The summed E-state index contributed by atoms with van der Waals surface area (Å²) in [5, 5.41) is 4.79. The number of halogens is 1. The highest BCUT2D eigenvalue weighted by molar-refractivity contribution is 7.89. The van der Waals surface area contributed by atoms with E-state index in [1.54, 1.807) is 25.2 Å². The van der Waals surface area contributed by atoms with Gasteiger partial charge in [0.05, 0.1) is 6.04 Å². The van der Waals surface area contributed by atoms with Crippen LogP contribution in [0.2, 0.25) is 0 Å². The van der Waals surface area contributed by atoms with Crippen molar-refractivity contribution in [2.24, 2.45) is 5.92 Å². The third-order valence-electron chi connectivity index (χ3n) is 4.32. The van der Waals surface area contributed by atoms with Crippen LogP contribution in [0.5, 0.6) is 0 Å². The van der Waals surface area contributed by atoms with Crippen LogP contribution in [-0.4, -0.2) is 45.9 Å². The molecule has 0 saturated heterocycles. The molecule has 1 heterocycles. The number of rotatable bonds is 9. The minimum absolute atomic E-state index is 0.0278. The highest BCUT2D eigenvalue weighted by Crippen LogP contribution is 2.22. The molecule has 2 aromatic rings. The number of amides is 1. The quantitative estimate of drug-likeness (QED) is 0.645. The number of sulfonamides is 1. The van der Waals surface area contributed by atoms with E-state index in [4.69, 9.17) is 0 Å². The van der Waals surface area contributed by atoms with E-state index in [0.29, 0.717) is 6.54 Å². The third-order valence-corrected chi connectivity index (χ3v) is 6.77. The average molecular weight is 428 g/mol. The second-order valence-electron chi connectivity index (χ2n) is 7.01. The molecular formula is C19H26FN3O3S2. The molecule has 0 bridgehead atoms. The van der Waals surface area contributed by atoms with Crippen LogP contribution in [0.1, 0.15) is 24.8 Å². The lowest BCUT2D eigenvalue weighted by Crippen LogP contribution is -2.50. The van der Waals surface area contributed by atoms with E-state index in [1.807, 2.05) is 36.5 Å². The van der Waals surface area contributed by atoms with E-state index in [2.05, 4.69) is 10.0 Å². The number of hydrogen-bond donors (Lipinski definition) is 2. The smallest absolute Gasteiger partial charge is 0.244 e. The van der Waals surface area contributed by atoms with E-state index in [1.165, 1.54) is 18.2 Å². The molecule has 0 fully saturated rings. The van der Waals surface area contributed by atoms with Gasteiger partial charge in [-0.1, -0.05) is 32.0 Å². The van der Waals surface area contributed by atoms with Crippen molar-refractivity contribution in [1.29, 1.82) is 0 Å². The van der Waals surface area contributed by atoms with Crippen LogP contribution in [-0.2, 0) is 14.8 Å². The molecule has 0 aliphatic heterocycles. The predicted molar refractivity (Wildman–Crippen MR) is 109 cm³/mol. The molecule has 6 nitrogen and oxygen atoms in total. The second-order valence-corrected chi connectivity index (χ2v) is 9.68. The SMILES string of the molecule is CC(C)[C@H](NS(=O)(=O)c1ccccc1F)C(=O)NCC(c1cccs1)N(C)C. The summed E-state index contributed by atoms with van der Waals surface area (Å²) in [5.41, 5.74) is 0. The highest BCUT2D eigenvalue weighted by Gasteiger charge is 2.30. The van der Waals surface area contributed by atoms with Crippen LogP contribution in [0, 0.1) is 11.7 Å². The summed E-state index contributed by atoms with van der Waals surface area (Å²) >= 11 is 1.59. The number of nitrogens with one attached hydrogen (secondary N) is 2. The topological polar surface area (TPSA) is 78.5 Å². The van der Waals surface area contributed by atoms with Gasteiger partial charge >= 0.3 is 0 Å². The first kappa shape index (κ1) is 22.5. The molecule has 1 amide bonds. The Morgan fingerprint density at radius 2 is 1.86 bits per heavy atom. The molecule has 0 spiro atoms. The number of carbonyl (C=O) groups is 1. The molecule has 2 rings (SSSR count). The molecule has 9 heteroatoms. The first-order valence-corrected chi connectivity index (χ1v) is 11.2. The number of hydrogen-bond acceptors (Lipinski definition) is 5. The van der Waals surface area contributed by atoms with Crippen molar-refractivity contribution in [3.63, 3.8) is 0 Å². The molecule has 0 aliphatic carbocycles. The van der Waals surface area contributed by atoms with Gasteiger partial charge in [0.25, 0.3) is 0 Å². The standard InChI is InChI=1S/C19H26FN3O3S2/c1-13(2)18(22-28(25,26)17-10-6-5-8-14(17)20)19(24)21-12-15(23(3)4)16-9-7-11-27-16/h5-11,13,15,18,22H,12H2,1-4H3,(H,21,24)/t15?,18-/m0/s1. The van der Waals surface area contributed by atoms with E-state index >= 15 is 0 Å². The molecule has 2 N–H and O–H groups in total. The van der Waals surface area contributed by atoms with Crippen LogP contribution >= 0.6 is 11.3 Å². The fourth-order valence-corrected chi connectivity index (χ4v) is 5.06. The molecular weight excluding hydrogens is 401 g/mol. The van der Waals surface area contributed by atoms with Crippen LogP contribution in [0.25, 0.3) is 0 Å². The molecule has 28 heavy (non-hydrogen) atoms. The van der Waals surface area contributed by atoms with Crippen molar-refractivity contribution in [2.75, 3.05) is 20.6 Å². The molecule has 1 aromatic heterocycles. The summed E-state index contributed by atoms with van der Waals surface area (Å²) in [7, 11) is -0.344. The minimum Gasteiger partial charge on any atom is -0.353 e. The maximum Gasteiger partial charge on any atom is 0.244 e. The van der Waals surface area contributed by atoms with Gasteiger partial charge in [-0.3, -0.25) is 4.79 Å². The summed E-state index contributed by atoms with van der Waals surface area (Å²) < 4.78 is 41.4. The van der Waals surface area contributed by atoms with Crippen molar-refractivity contribution in [3.05, 3.63) is 52.5 Å². The molecule has 1 aromatic carbocycles. The van der Waals surface area contributed by atoms with Gasteiger partial charge in [0.1, 0.15) is 16.8 Å². The number of thiophene rings is 1. The van der Waals surface area contributed by atoms with Gasteiger partial charge in [-0.25, -0.2) is 12.8 Å². The summed E-state index contributed by atoms with van der Waals surface area (Å²) in [6, 6.07) is 7.97. The summed E-state index contributed by atoms with van der Waals surface area (Å²) in [4.78, 5) is 15.3. The summed E-state index contributed by atoms with van der Waals surface area (Å²) in [6.45, 7) is 3.80. The van der Waals surface area contributed by atoms with Crippen LogP contribution in [0.3, 0.4) is 0 Å². The Bertz CT molecular complexity index is 884. The first-order valence-electron chi connectivity index (χ1n) is 8.88. The van der Waals surface area contributed by atoms with Crippen LogP contribution in [0.15, 0.2) is 46.7 Å². The molecule has 2 atom stereocenters. The van der Waals surface area contributed by atoms with Gasteiger partial charge in [-0.2, -0.15) is 4.72 Å². The van der Waals surface area contributed by atoms with Crippen molar-refractivity contribution in [3.8, 4) is 0 Å². The van der Waals surface area contributed by atoms with Crippen molar-refractivity contribution in [2.45, 2.75) is 30.8 Å². The fraction of sp³-hybridized carbons (Fsp3) is 0.421. The lowest BCUT2D eigenvalue weighted by atomic mass is 10.0. The Kier molecular flexibility index (Phi) is 7.70. The summed E-state index contributed by atoms with van der Waals surface area (Å²) in [6.07, 6.45) is 0. The number of likely N-dealkylation sites (N-methyl/N-ethyl adjacent to an activating group) is 1. The predicted octanol–water partition coefficient (Wildman–Crippen LogP) is 2.61. The maximum atomic E-state index is 13.9. The normalized spacial score (nSPS) is 14.2. The zero-order valence-electron chi connectivity index (χ0n) is 16.3. The van der Waals surface area contributed by atoms with Gasteiger partial charge in [-0.15, -0.1) is 11.3 Å². The van der Waals surface area contributed by atoms with Gasteiger partial charge < -0.3 is 10.2 Å². The maximum absolute atomic E-state index is 13.9. The van der Waals surface area contributed by atoms with Crippen LogP contribution < -0.4 is 10.0 Å². The van der Waals surface area contributed by atoms with E-state index < -0.39 is 32.7 Å². The van der Waals surface area contributed by atoms with E-state index in [-0.39, 0.29) is 12.0 Å². The molecule has 0 aliphatic rings. The van der Waals surface area contributed by atoms with Crippen molar-refractivity contribution < 1.29 is 17.6 Å². The van der Waals surface area contributed by atoms with Gasteiger partial charge in [0, 0.05) is 11.4 Å². The molecule has 1 unspecified atom stereocenters. The van der Waals surface area contributed by atoms with Crippen molar-refractivity contribution >= 4 is 27.3 Å². The van der Waals surface area contributed by atoms with Gasteiger partial charge in [0.15, 0.2) is 0 Å². The lowest BCUT2D eigenvalue weighted by Gasteiger charge is -2.26. The Labute approximate surface area is 169 Å². The Morgan fingerprint density at radius 3 is 2.39 bits per heavy atom. The first-order chi connectivity index (χ1) is 13.1. The number of carbonyl (C=O) groups excluding carboxylic acids is 1. The fourth-order valence-electron chi connectivity index (χ4n) is 2.71. The largest absolute Gasteiger partial charge is 0.353 e. The minimum atomic E-state index is -4.17. The Hall–Kier alpha value is -1.81. The molecule has 0 radical (unpaired) electrons. The second kappa shape index (κ2) is 9.60. The van der Waals surface area contributed by atoms with E-state index in [0.717, 1.165) is 10.9 Å². The number of nitrogens with zero attached hydrogens (tertiary/aromatic N) is 1. The number of benzene rings is 1. The molecule has 154 valence electrons. The van der Waals surface area contributed by atoms with Crippen LogP contribution in [0.4, 0.5) is 4.39 Å². The third kappa shape index (κ3) is 5.60. The monoisotopic (exact) mass is 427 g/mol. The van der Waals surface area contributed by atoms with Gasteiger partial charge in [-0.05, 0) is 43.6 Å². The molecule has 0 saturated carbocycles. The zero-order valence-corrected chi connectivity index (χ0v) is 18.0. The Morgan fingerprint density at radius 1 is 1.18 bits per heavy atom. The van der Waals surface area contributed by atoms with E-state index in [9.17, 15) is 17.6 Å². The summed E-state index contributed by atoms with van der Waals surface area (Å²) in [5.74, 6) is -1.62. The highest BCUT2D eigenvalue weighted by atomic mass is 32.2. The van der Waals surface area contributed by atoms with Crippen molar-refractivity contribution in [1.82, 2.24) is 14.9 Å². The Balaban J connectivity index is 2.13. The lowest BCUT2D eigenvalue weighted by molar-refractivity contribution is -0.123.